The van der Waals surface area contributed by atoms with E-state index >= 15 is 0 Å². The lowest BCUT2D eigenvalue weighted by molar-refractivity contribution is -0.127. The summed E-state index contributed by atoms with van der Waals surface area (Å²) in [6.45, 7) is 5.64. The van der Waals surface area contributed by atoms with Crippen LogP contribution in [-0.2, 0) is 11.3 Å². The second kappa shape index (κ2) is 7.88. The summed E-state index contributed by atoms with van der Waals surface area (Å²) in [5, 5.41) is 13.2. The van der Waals surface area contributed by atoms with Crippen molar-refractivity contribution in [3.8, 4) is 0 Å². The predicted molar refractivity (Wildman–Crippen MR) is 88.4 cm³/mol. The van der Waals surface area contributed by atoms with E-state index in [0.717, 1.165) is 24.9 Å². The molecule has 1 atom stereocenters. The van der Waals surface area contributed by atoms with Crippen molar-refractivity contribution in [2.75, 3.05) is 13.1 Å². The number of nitrogens with one attached hydrogen (secondary N) is 1. The molecule has 4 nitrogen and oxygen atoms in total. The van der Waals surface area contributed by atoms with Gasteiger partial charge in [-0.25, -0.2) is 4.39 Å². The number of halogens is 1. The number of hydrogen-bond donors (Lipinski definition) is 2. The molecule has 1 heterocycles. The summed E-state index contributed by atoms with van der Waals surface area (Å²) in [5.41, 5.74) is 0.181. The Morgan fingerprint density at radius 3 is 2.61 bits per heavy atom. The Morgan fingerprint density at radius 2 is 2.00 bits per heavy atom. The highest BCUT2D eigenvalue weighted by Gasteiger charge is 2.32. The Labute approximate surface area is 137 Å². The molecule has 1 unspecified atom stereocenters. The molecule has 2 N–H and O–H groups in total. The quantitative estimate of drug-likeness (QED) is 0.811. The maximum absolute atomic E-state index is 13.0. The van der Waals surface area contributed by atoms with E-state index in [0.29, 0.717) is 25.9 Å². The van der Waals surface area contributed by atoms with E-state index in [1.807, 2.05) is 13.8 Å². The van der Waals surface area contributed by atoms with Gasteiger partial charge in [0.1, 0.15) is 5.82 Å². The second-order valence-electron chi connectivity index (χ2n) is 6.40. The molecule has 1 amide bonds. The van der Waals surface area contributed by atoms with Crippen molar-refractivity contribution in [1.82, 2.24) is 10.2 Å². The summed E-state index contributed by atoms with van der Waals surface area (Å²) in [6.07, 6.45) is 3.04. The Kier molecular flexibility index (Phi) is 6.13. The molecular formula is C18H27FN2O2. The number of rotatable bonds is 7. The number of carbonyl (C=O) groups excluding carboxylic acids is 1. The topological polar surface area (TPSA) is 52.6 Å². The fourth-order valence-electron chi connectivity index (χ4n) is 3.01. The summed E-state index contributed by atoms with van der Waals surface area (Å²) in [6, 6.07) is 6.25. The summed E-state index contributed by atoms with van der Waals surface area (Å²) < 4.78 is 13.0. The van der Waals surface area contributed by atoms with Crippen LogP contribution in [0.4, 0.5) is 4.39 Å². The standard InChI is InChI=1S/C18H27FN2O2/c1-3-18(23,4-2)13-20-17(22)16-6-5-11-21(16)12-14-7-9-15(19)10-8-14/h7-10,16,23H,3-6,11-13H2,1-2H3,(H,20,22). The van der Waals surface area contributed by atoms with Crippen molar-refractivity contribution >= 4 is 5.91 Å². The molecule has 0 saturated carbocycles. The first-order valence-electron chi connectivity index (χ1n) is 8.46. The predicted octanol–water partition coefficient (Wildman–Crippen LogP) is 2.46. The molecule has 0 bridgehead atoms. The first-order valence-corrected chi connectivity index (χ1v) is 8.46. The van der Waals surface area contributed by atoms with Crippen LogP contribution in [0.2, 0.25) is 0 Å². The van der Waals surface area contributed by atoms with Gasteiger partial charge in [-0.15, -0.1) is 0 Å². The fraction of sp³-hybridized carbons (Fsp3) is 0.611. The van der Waals surface area contributed by atoms with Crippen LogP contribution in [0.3, 0.4) is 0 Å². The van der Waals surface area contributed by atoms with Gasteiger partial charge >= 0.3 is 0 Å². The van der Waals surface area contributed by atoms with E-state index in [9.17, 15) is 14.3 Å². The van der Waals surface area contributed by atoms with Gasteiger partial charge in [-0.2, -0.15) is 0 Å². The second-order valence-corrected chi connectivity index (χ2v) is 6.40. The molecule has 1 aromatic carbocycles. The molecule has 0 spiro atoms. The number of likely N-dealkylation sites (tertiary alicyclic amines) is 1. The molecule has 1 aromatic rings. The molecule has 0 aromatic heterocycles. The number of hydrogen-bond acceptors (Lipinski definition) is 3. The van der Waals surface area contributed by atoms with Crippen LogP contribution >= 0.6 is 0 Å². The van der Waals surface area contributed by atoms with Crippen molar-refractivity contribution in [1.29, 1.82) is 0 Å². The molecule has 5 heteroatoms. The Hall–Kier alpha value is -1.46. The Balaban J connectivity index is 1.92. The fourth-order valence-corrected chi connectivity index (χ4v) is 3.01. The van der Waals surface area contributed by atoms with Crippen molar-refractivity contribution in [2.24, 2.45) is 0 Å². The van der Waals surface area contributed by atoms with E-state index < -0.39 is 5.60 Å². The van der Waals surface area contributed by atoms with E-state index in [1.54, 1.807) is 12.1 Å². The van der Waals surface area contributed by atoms with Gasteiger partial charge in [0.25, 0.3) is 0 Å². The summed E-state index contributed by atoms with van der Waals surface area (Å²) in [4.78, 5) is 14.6. The normalized spacial score (nSPS) is 19.0. The molecule has 23 heavy (non-hydrogen) atoms. The molecule has 0 aliphatic carbocycles. The Bertz CT molecular complexity index is 514. The largest absolute Gasteiger partial charge is 0.388 e. The third kappa shape index (κ3) is 4.75. The first kappa shape index (κ1) is 17.9. The third-order valence-corrected chi connectivity index (χ3v) is 4.87. The van der Waals surface area contributed by atoms with Gasteiger partial charge in [-0.05, 0) is 49.9 Å². The van der Waals surface area contributed by atoms with Crippen molar-refractivity contribution in [3.05, 3.63) is 35.6 Å². The molecule has 1 aliphatic rings. The van der Waals surface area contributed by atoms with Gasteiger partial charge < -0.3 is 10.4 Å². The summed E-state index contributed by atoms with van der Waals surface area (Å²) in [5.74, 6) is -0.271. The SMILES string of the molecule is CCC(O)(CC)CNC(=O)C1CCCN1Cc1ccc(F)cc1. The van der Waals surface area contributed by atoms with Gasteiger partial charge in [0, 0.05) is 13.1 Å². The van der Waals surface area contributed by atoms with Gasteiger partial charge in [0.15, 0.2) is 0 Å². The average Bonchev–Trinajstić information content (AvgIpc) is 3.02. The monoisotopic (exact) mass is 322 g/mol. The van der Waals surface area contributed by atoms with Crippen LogP contribution in [0.1, 0.15) is 45.1 Å². The summed E-state index contributed by atoms with van der Waals surface area (Å²) >= 11 is 0. The van der Waals surface area contributed by atoms with Gasteiger partial charge in [0.2, 0.25) is 5.91 Å². The van der Waals surface area contributed by atoms with Gasteiger partial charge in [0.05, 0.1) is 11.6 Å². The lowest BCUT2D eigenvalue weighted by Gasteiger charge is -2.28. The zero-order valence-electron chi connectivity index (χ0n) is 14.0. The lowest BCUT2D eigenvalue weighted by atomic mass is 9.97. The first-order chi connectivity index (χ1) is 11.0. The van der Waals surface area contributed by atoms with Crippen molar-refractivity contribution < 1.29 is 14.3 Å². The minimum Gasteiger partial charge on any atom is -0.388 e. The van der Waals surface area contributed by atoms with Crippen molar-refractivity contribution in [2.45, 2.75) is 57.7 Å². The van der Waals surface area contributed by atoms with Crippen LogP contribution in [-0.4, -0.2) is 40.6 Å². The van der Waals surface area contributed by atoms with Crippen molar-refractivity contribution in [3.63, 3.8) is 0 Å². The lowest BCUT2D eigenvalue weighted by Crippen LogP contribution is -2.48. The maximum atomic E-state index is 13.0. The molecule has 1 fully saturated rings. The van der Waals surface area contributed by atoms with Crippen LogP contribution in [0, 0.1) is 5.82 Å². The number of nitrogens with zero attached hydrogens (tertiary/aromatic N) is 1. The van der Waals surface area contributed by atoms with E-state index in [4.69, 9.17) is 0 Å². The zero-order chi connectivity index (χ0) is 16.9. The number of amides is 1. The minimum absolute atomic E-state index is 0.0232. The van der Waals surface area contributed by atoms with Crippen LogP contribution in [0.15, 0.2) is 24.3 Å². The van der Waals surface area contributed by atoms with E-state index in [2.05, 4.69) is 10.2 Å². The molecule has 128 valence electrons. The molecule has 0 radical (unpaired) electrons. The minimum atomic E-state index is -0.823. The zero-order valence-corrected chi connectivity index (χ0v) is 14.0. The summed E-state index contributed by atoms with van der Waals surface area (Å²) in [7, 11) is 0. The van der Waals surface area contributed by atoms with Crippen LogP contribution in [0.25, 0.3) is 0 Å². The highest BCUT2D eigenvalue weighted by molar-refractivity contribution is 5.82. The van der Waals surface area contributed by atoms with E-state index in [-0.39, 0.29) is 17.8 Å². The highest BCUT2D eigenvalue weighted by Crippen LogP contribution is 2.21. The Morgan fingerprint density at radius 1 is 1.35 bits per heavy atom. The van der Waals surface area contributed by atoms with Crippen LogP contribution in [0.5, 0.6) is 0 Å². The van der Waals surface area contributed by atoms with Gasteiger partial charge in [-0.1, -0.05) is 26.0 Å². The number of aliphatic hydroxyl groups is 1. The third-order valence-electron chi connectivity index (χ3n) is 4.87. The average molecular weight is 322 g/mol. The smallest absolute Gasteiger partial charge is 0.237 e. The maximum Gasteiger partial charge on any atom is 0.237 e. The number of carbonyl (C=O) groups is 1. The molecule has 1 aliphatic heterocycles. The molecule has 2 rings (SSSR count). The van der Waals surface area contributed by atoms with E-state index in [1.165, 1.54) is 12.1 Å². The highest BCUT2D eigenvalue weighted by atomic mass is 19.1. The molecule has 1 saturated heterocycles. The molecular weight excluding hydrogens is 295 g/mol. The van der Waals surface area contributed by atoms with Gasteiger partial charge in [-0.3, -0.25) is 9.69 Å². The van der Waals surface area contributed by atoms with Crippen LogP contribution < -0.4 is 5.32 Å². The number of benzene rings is 1.